The Hall–Kier alpha value is -1.66. The first-order valence-electron chi connectivity index (χ1n) is 5.70. The summed E-state index contributed by atoms with van der Waals surface area (Å²) in [4.78, 5) is 15.3. The Morgan fingerprint density at radius 3 is 2.78 bits per heavy atom. The Morgan fingerprint density at radius 2 is 2.17 bits per heavy atom. The number of anilines is 1. The van der Waals surface area contributed by atoms with Crippen LogP contribution in [0, 0.1) is 13.8 Å². The molecule has 0 unspecified atom stereocenters. The molecule has 3 N–H and O–H groups in total. The Balaban J connectivity index is 2.71. The number of nitrogens with zero attached hydrogens (tertiary/aromatic N) is 1. The molecule has 0 saturated heterocycles. The van der Waals surface area contributed by atoms with Crippen molar-refractivity contribution in [2.24, 2.45) is 0 Å². The number of rotatable bonds is 7. The van der Waals surface area contributed by atoms with Crippen molar-refractivity contribution < 1.29 is 19.7 Å². The highest BCUT2D eigenvalue weighted by Gasteiger charge is 2.14. The Bertz CT molecular complexity index is 421. The van der Waals surface area contributed by atoms with Gasteiger partial charge in [-0.25, -0.2) is 4.79 Å². The summed E-state index contributed by atoms with van der Waals surface area (Å²) in [7, 11) is 0. The molecular weight excluding hydrogens is 236 g/mol. The summed E-state index contributed by atoms with van der Waals surface area (Å²) in [5.41, 5.74) is 1.97. The third-order valence-corrected chi connectivity index (χ3v) is 2.34. The summed E-state index contributed by atoms with van der Waals surface area (Å²) in [6.45, 7) is 4.62. The number of hydrogen-bond donors (Lipinski definition) is 3. The van der Waals surface area contributed by atoms with E-state index < -0.39 is 5.97 Å². The Morgan fingerprint density at radius 1 is 1.44 bits per heavy atom. The van der Waals surface area contributed by atoms with Crippen molar-refractivity contribution in [2.75, 3.05) is 31.7 Å². The molecule has 1 aromatic rings. The third-order valence-electron chi connectivity index (χ3n) is 2.34. The number of carboxylic acid groups (broad SMARTS) is 1. The third kappa shape index (κ3) is 3.97. The number of nitrogens with one attached hydrogen (secondary N) is 1. The van der Waals surface area contributed by atoms with Crippen molar-refractivity contribution in [3.05, 3.63) is 23.0 Å². The predicted octanol–water partition coefficient (Wildman–Crippen LogP) is 0.817. The topological polar surface area (TPSA) is 91.7 Å². The van der Waals surface area contributed by atoms with Crippen molar-refractivity contribution in [3.63, 3.8) is 0 Å². The molecule has 0 aliphatic rings. The first-order valence-corrected chi connectivity index (χ1v) is 5.70. The van der Waals surface area contributed by atoms with Gasteiger partial charge in [0.2, 0.25) is 0 Å². The summed E-state index contributed by atoms with van der Waals surface area (Å²) in [5, 5.41) is 20.7. The van der Waals surface area contributed by atoms with Gasteiger partial charge >= 0.3 is 5.97 Å². The van der Waals surface area contributed by atoms with Crippen LogP contribution in [0.3, 0.4) is 0 Å². The normalized spacial score (nSPS) is 10.4. The highest BCUT2D eigenvalue weighted by Crippen LogP contribution is 2.19. The van der Waals surface area contributed by atoms with Crippen molar-refractivity contribution in [3.8, 4) is 0 Å². The van der Waals surface area contributed by atoms with Gasteiger partial charge in [-0.2, -0.15) is 0 Å². The maximum Gasteiger partial charge on any atom is 0.339 e. The van der Waals surface area contributed by atoms with Crippen LogP contribution < -0.4 is 5.32 Å². The van der Waals surface area contributed by atoms with Gasteiger partial charge in [-0.3, -0.25) is 4.98 Å². The zero-order valence-electron chi connectivity index (χ0n) is 10.6. The monoisotopic (exact) mass is 254 g/mol. The lowest BCUT2D eigenvalue weighted by Crippen LogP contribution is -2.15. The molecule has 0 aliphatic heterocycles. The zero-order valence-corrected chi connectivity index (χ0v) is 10.6. The molecule has 0 fully saturated rings. The van der Waals surface area contributed by atoms with Crippen molar-refractivity contribution in [1.29, 1.82) is 0 Å². The van der Waals surface area contributed by atoms with Gasteiger partial charge in [-0.15, -0.1) is 0 Å². The van der Waals surface area contributed by atoms with Crippen LogP contribution >= 0.6 is 0 Å². The molecule has 100 valence electrons. The number of hydrogen-bond acceptors (Lipinski definition) is 5. The van der Waals surface area contributed by atoms with Gasteiger partial charge in [0.05, 0.1) is 31.2 Å². The second-order valence-corrected chi connectivity index (χ2v) is 3.84. The van der Waals surface area contributed by atoms with Gasteiger partial charge in [0.1, 0.15) is 5.56 Å². The van der Waals surface area contributed by atoms with Crippen molar-refractivity contribution in [2.45, 2.75) is 13.8 Å². The van der Waals surface area contributed by atoms with Crippen molar-refractivity contribution in [1.82, 2.24) is 4.98 Å². The first kappa shape index (κ1) is 14.4. The lowest BCUT2D eigenvalue weighted by atomic mass is 10.1. The highest BCUT2D eigenvalue weighted by molar-refractivity contribution is 5.95. The predicted molar refractivity (Wildman–Crippen MR) is 67.1 cm³/mol. The lowest BCUT2D eigenvalue weighted by molar-refractivity contribution is 0.0696. The van der Waals surface area contributed by atoms with E-state index in [9.17, 15) is 4.79 Å². The number of aliphatic hydroxyl groups excluding tert-OH is 1. The molecule has 0 atom stereocenters. The van der Waals surface area contributed by atoms with Crippen LogP contribution in [0.25, 0.3) is 0 Å². The van der Waals surface area contributed by atoms with E-state index in [1.165, 1.54) is 0 Å². The highest BCUT2D eigenvalue weighted by atomic mass is 16.5. The molecule has 1 rings (SSSR count). The van der Waals surface area contributed by atoms with Crippen molar-refractivity contribution >= 4 is 11.7 Å². The maximum absolute atomic E-state index is 11.1. The SMILES string of the molecule is Cc1cc(NCCOCCO)c(C(=O)O)c(C)n1. The average Bonchev–Trinajstić information content (AvgIpc) is 2.27. The van der Waals surface area contributed by atoms with Crippen LogP contribution in [0.4, 0.5) is 5.69 Å². The fraction of sp³-hybridized carbons (Fsp3) is 0.500. The van der Waals surface area contributed by atoms with Crippen LogP contribution in [0.1, 0.15) is 21.7 Å². The number of carbonyl (C=O) groups is 1. The average molecular weight is 254 g/mol. The van der Waals surface area contributed by atoms with Gasteiger partial charge < -0.3 is 20.3 Å². The van der Waals surface area contributed by atoms with E-state index in [0.717, 1.165) is 5.69 Å². The van der Waals surface area contributed by atoms with Crippen LogP contribution in [-0.2, 0) is 4.74 Å². The Kier molecular flexibility index (Phi) is 5.54. The molecule has 18 heavy (non-hydrogen) atoms. The number of aromatic nitrogens is 1. The van der Waals surface area contributed by atoms with Crippen LogP contribution in [-0.4, -0.2) is 47.5 Å². The standard InChI is InChI=1S/C12H18N2O4/c1-8-7-10(13-3-5-18-6-4-15)11(12(16)17)9(2)14-8/h7,15H,3-6H2,1-2H3,(H,13,14)(H,16,17). The fourth-order valence-corrected chi connectivity index (χ4v) is 1.66. The van der Waals surface area contributed by atoms with Gasteiger partial charge in [-0.1, -0.05) is 0 Å². The van der Waals surface area contributed by atoms with E-state index in [4.69, 9.17) is 14.9 Å². The number of aliphatic hydroxyl groups is 1. The largest absolute Gasteiger partial charge is 0.478 e. The molecule has 6 heteroatoms. The molecule has 0 amide bonds. The molecule has 0 spiro atoms. The van der Waals surface area contributed by atoms with Gasteiger partial charge in [0.25, 0.3) is 0 Å². The van der Waals surface area contributed by atoms with Gasteiger partial charge in [0.15, 0.2) is 0 Å². The van der Waals surface area contributed by atoms with Gasteiger partial charge in [0, 0.05) is 12.2 Å². The summed E-state index contributed by atoms with van der Waals surface area (Å²) >= 11 is 0. The second-order valence-electron chi connectivity index (χ2n) is 3.84. The lowest BCUT2D eigenvalue weighted by Gasteiger charge is -2.12. The molecular formula is C12H18N2O4. The molecule has 0 aliphatic carbocycles. The minimum atomic E-state index is -1.00. The molecule has 0 radical (unpaired) electrons. The molecule has 0 aromatic carbocycles. The van der Waals surface area contributed by atoms with Crippen LogP contribution in [0.15, 0.2) is 6.07 Å². The second kappa shape index (κ2) is 6.93. The molecule has 6 nitrogen and oxygen atoms in total. The summed E-state index contributed by atoms with van der Waals surface area (Å²) in [6, 6.07) is 1.70. The summed E-state index contributed by atoms with van der Waals surface area (Å²) in [5.74, 6) is -1.00. The fourth-order valence-electron chi connectivity index (χ4n) is 1.66. The molecule has 0 saturated carbocycles. The zero-order chi connectivity index (χ0) is 13.5. The molecule has 1 heterocycles. The van der Waals surface area contributed by atoms with Crippen LogP contribution in [0.5, 0.6) is 0 Å². The van der Waals surface area contributed by atoms with E-state index in [0.29, 0.717) is 24.5 Å². The minimum absolute atomic E-state index is 0.0200. The molecule has 0 bridgehead atoms. The van der Waals surface area contributed by atoms with Crippen LogP contribution in [0.2, 0.25) is 0 Å². The van der Waals surface area contributed by atoms with E-state index >= 15 is 0 Å². The van der Waals surface area contributed by atoms with E-state index in [-0.39, 0.29) is 18.8 Å². The maximum atomic E-state index is 11.1. The minimum Gasteiger partial charge on any atom is -0.478 e. The smallest absolute Gasteiger partial charge is 0.339 e. The number of ether oxygens (including phenoxy) is 1. The number of aryl methyl sites for hydroxylation is 2. The number of pyridine rings is 1. The van der Waals surface area contributed by atoms with E-state index in [2.05, 4.69) is 10.3 Å². The molecule has 1 aromatic heterocycles. The van der Waals surface area contributed by atoms with E-state index in [1.807, 2.05) is 6.92 Å². The first-order chi connectivity index (χ1) is 8.56. The number of carboxylic acids is 1. The Labute approximate surface area is 106 Å². The van der Waals surface area contributed by atoms with Gasteiger partial charge in [-0.05, 0) is 19.9 Å². The summed E-state index contributed by atoms with van der Waals surface area (Å²) in [6.07, 6.45) is 0. The summed E-state index contributed by atoms with van der Waals surface area (Å²) < 4.78 is 5.09. The quantitative estimate of drug-likeness (QED) is 0.624. The number of aromatic carboxylic acids is 1. The van der Waals surface area contributed by atoms with E-state index in [1.54, 1.807) is 13.0 Å².